The number of hydrogen-bond donors (Lipinski definition) is 2. The predicted octanol–water partition coefficient (Wildman–Crippen LogP) is 4.07. The fraction of sp³-hybridized carbons (Fsp3) is 0.400. The van der Waals surface area contributed by atoms with Crippen molar-refractivity contribution in [2.45, 2.75) is 38.0 Å². The van der Waals surface area contributed by atoms with Crippen LogP contribution in [0.25, 0.3) is 0 Å². The van der Waals surface area contributed by atoms with Crippen LogP contribution in [0.1, 0.15) is 53.4 Å². The second kappa shape index (κ2) is 6.62. The average molecular weight is 337 g/mol. The lowest BCUT2D eigenvalue weighted by Crippen LogP contribution is -2.14. The van der Waals surface area contributed by atoms with Gasteiger partial charge in [0, 0.05) is 5.92 Å². The lowest BCUT2D eigenvalue weighted by Gasteiger charge is -2.18. The van der Waals surface area contributed by atoms with E-state index < -0.39 is 0 Å². The summed E-state index contributed by atoms with van der Waals surface area (Å²) >= 11 is 7.38. The summed E-state index contributed by atoms with van der Waals surface area (Å²) in [6.07, 6.45) is 6.09. The summed E-state index contributed by atoms with van der Waals surface area (Å²) in [4.78, 5) is 12.3. The molecule has 1 aromatic carbocycles. The van der Waals surface area contributed by atoms with E-state index in [0.717, 1.165) is 17.8 Å². The van der Waals surface area contributed by atoms with Gasteiger partial charge in [-0.25, -0.2) is 0 Å². The first-order valence-corrected chi connectivity index (χ1v) is 8.53. The minimum absolute atomic E-state index is 0.277. The van der Waals surface area contributed by atoms with Crippen molar-refractivity contribution in [1.82, 2.24) is 10.2 Å². The SMILES string of the molecule is Nc1c(Cl)cccc1C(=O)Nc1nnc(C2CCCCC2)s1. The summed E-state index contributed by atoms with van der Waals surface area (Å²) in [5.74, 6) is 0.166. The second-order valence-electron chi connectivity index (χ2n) is 5.44. The number of nitrogens with two attached hydrogens (primary N) is 1. The van der Waals surface area contributed by atoms with Gasteiger partial charge in [-0.05, 0) is 25.0 Å². The Balaban J connectivity index is 1.72. The van der Waals surface area contributed by atoms with Crippen LogP contribution >= 0.6 is 22.9 Å². The number of benzene rings is 1. The highest BCUT2D eigenvalue weighted by molar-refractivity contribution is 7.15. The number of carbonyl (C=O) groups is 1. The molecule has 22 heavy (non-hydrogen) atoms. The van der Waals surface area contributed by atoms with E-state index in [-0.39, 0.29) is 11.6 Å². The molecule has 3 N–H and O–H groups in total. The van der Waals surface area contributed by atoms with Gasteiger partial charge in [0.15, 0.2) is 0 Å². The number of aromatic nitrogens is 2. The largest absolute Gasteiger partial charge is 0.397 e. The Morgan fingerprint density at radius 1 is 1.27 bits per heavy atom. The number of halogens is 1. The Kier molecular flexibility index (Phi) is 4.59. The van der Waals surface area contributed by atoms with Crippen molar-refractivity contribution in [2.24, 2.45) is 0 Å². The zero-order chi connectivity index (χ0) is 15.5. The molecule has 1 aliphatic carbocycles. The highest BCUT2D eigenvalue weighted by Gasteiger charge is 2.21. The van der Waals surface area contributed by atoms with Gasteiger partial charge in [-0.2, -0.15) is 0 Å². The van der Waals surface area contributed by atoms with Crippen LogP contribution in [-0.4, -0.2) is 16.1 Å². The first kappa shape index (κ1) is 15.2. The first-order chi connectivity index (χ1) is 10.6. The summed E-state index contributed by atoms with van der Waals surface area (Å²) < 4.78 is 0. The average Bonchev–Trinajstić information content (AvgIpc) is 2.99. The third kappa shape index (κ3) is 3.23. The van der Waals surface area contributed by atoms with Crippen molar-refractivity contribution in [3.8, 4) is 0 Å². The second-order valence-corrected chi connectivity index (χ2v) is 6.85. The summed E-state index contributed by atoms with van der Waals surface area (Å²) in [6.45, 7) is 0. The topological polar surface area (TPSA) is 80.9 Å². The molecule has 1 amide bonds. The molecule has 0 radical (unpaired) electrons. The van der Waals surface area contributed by atoms with Crippen LogP contribution < -0.4 is 11.1 Å². The molecule has 1 aromatic heterocycles. The summed E-state index contributed by atoms with van der Waals surface area (Å²) in [5, 5.41) is 12.9. The van der Waals surface area contributed by atoms with Crippen molar-refractivity contribution in [3.63, 3.8) is 0 Å². The van der Waals surface area contributed by atoms with E-state index in [1.54, 1.807) is 18.2 Å². The molecule has 116 valence electrons. The smallest absolute Gasteiger partial charge is 0.259 e. The number of hydrogen-bond acceptors (Lipinski definition) is 5. The van der Waals surface area contributed by atoms with Gasteiger partial charge in [0.2, 0.25) is 5.13 Å². The molecule has 0 atom stereocenters. The molecular formula is C15H17ClN4OS. The molecule has 7 heteroatoms. The van der Waals surface area contributed by atoms with Crippen molar-refractivity contribution in [3.05, 3.63) is 33.8 Å². The van der Waals surface area contributed by atoms with Crippen LogP contribution in [0.2, 0.25) is 5.02 Å². The van der Waals surface area contributed by atoms with E-state index in [1.165, 1.54) is 30.6 Å². The Morgan fingerprint density at radius 2 is 2.05 bits per heavy atom. The number of anilines is 2. The maximum atomic E-state index is 12.3. The lowest BCUT2D eigenvalue weighted by molar-refractivity contribution is 0.102. The molecule has 0 saturated heterocycles. The van der Waals surface area contributed by atoms with Gasteiger partial charge in [-0.1, -0.05) is 48.3 Å². The Hall–Kier alpha value is -1.66. The maximum absolute atomic E-state index is 12.3. The lowest BCUT2D eigenvalue weighted by atomic mass is 9.90. The van der Waals surface area contributed by atoms with Crippen molar-refractivity contribution in [1.29, 1.82) is 0 Å². The van der Waals surface area contributed by atoms with Gasteiger partial charge in [0.25, 0.3) is 5.91 Å². The highest BCUT2D eigenvalue weighted by atomic mass is 35.5. The number of amides is 1. The Labute approximate surface area is 137 Å². The number of carbonyl (C=O) groups excluding carboxylic acids is 1. The summed E-state index contributed by atoms with van der Waals surface area (Å²) in [7, 11) is 0. The predicted molar refractivity (Wildman–Crippen MR) is 89.6 cm³/mol. The van der Waals surface area contributed by atoms with Crippen molar-refractivity contribution in [2.75, 3.05) is 11.1 Å². The van der Waals surface area contributed by atoms with Gasteiger partial charge in [0.1, 0.15) is 5.01 Å². The molecule has 0 unspecified atom stereocenters. The van der Waals surface area contributed by atoms with Crippen molar-refractivity contribution < 1.29 is 4.79 Å². The molecule has 1 saturated carbocycles. The Morgan fingerprint density at radius 3 is 2.82 bits per heavy atom. The van der Waals surface area contributed by atoms with Gasteiger partial charge < -0.3 is 5.73 Å². The molecule has 0 spiro atoms. The zero-order valence-corrected chi connectivity index (χ0v) is 13.6. The summed E-state index contributed by atoms with van der Waals surface area (Å²) in [6, 6.07) is 4.99. The van der Waals surface area contributed by atoms with Gasteiger partial charge in [-0.15, -0.1) is 10.2 Å². The minimum atomic E-state index is -0.314. The van der Waals surface area contributed by atoms with E-state index in [9.17, 15) is 4.79 Å². The maximum Gasteiger partial charge on any atom is 0.259 e. The zero-order valence-electron chi connectivity index (χ0n) is 12.0. The number of para-hydroxylation sites is 1. The van der Waals surface area contributed by atoms with Gasteiger partial charge in [-0.3, -0.25) is 10.1 Å². The normalized spacial score (nSPS) is 15.7. The first-order valence-electron chi connectivity index (χ1n) is 7.34. The van der Waals surface area contributed by atoms with Crippen LogP contribution in [0.15, 0.2) is 18.2 Å². The molecular weight excluding hydrogens is 320 g/mol. The van der Waals surface area contributed by atoms with Gasteiger partial charge >= 0.3 is 0 Å². The van der Waals surface area contributed by atoms with Crippen LogP contribution in [0.4, 0.5) is 10.8 Å². The highest BCUT2D eigenvalue weighted by Crippen LogP contribution is 2.35. The quantitative estimate of drug-likeness (QED) is 0.828. The van der Waals surface area contributed by atoms with E-state index in [0.29, 0.717) is 21.6 Å². The minimum Gasteiger partial charge on any atom is -0.397 e. The molecule has 0 bridgehead atoms. The number of nitrogens with one attached hydrogen (secondary N) is 1. The van der Waals surface area contributed by atoms with Gasteiger partial charge in [0.05, 0.1) is 16.3 Å². The molecule has 1 fully saturated rings. The third-order valence-electron chi connectivity index (χ3n) is 3.91. The fourth-order valence-electron chi connectivity index (χ4n) is 2.70. The number of nitrogens with zero attached hydrogens (tertiary/aromatic N) is 2. The van der Waals surface area contributed by atoms with E-state index in [1.807, 2.05) is 0 Å². The van der Waals surface area contributed by atoms with E-state index >= 15 is 0 Å². The number of nitrogen functional groups attached to an aromatic ring is 1. The monoisotopic (exact) mass is 336 g/mol. The third-order valence-corrected chi connectivity index (χ3v) is 5.24. The Bertz CT molecular complexity index is 682. The van der Waals surface area contributed by atoms with E-state index in [4.69, 9.17) is 17.3 Å². The summed E-state index contributed by atoms with van der Waals surface area (Å²) in [5.41, 5.74) is 6.46. The molecule has 0 aliphatic heterocycles. The van der Waals surface area contributed by atoms with Crippen LogP contribution in [-0.2, 0) is 0 Å². The van der Waals surface area contributed by atoms with E-state index in [2.05, 4.69) is 15.5 Å². The number of rotatable bonds is 3. The molecule has 1 heterocycles. The molecule has 1 aliphatic rings. The molecule has 5 nitrogen and oxygen atoms in total. The van der Waals surface area contributed by atoms with Crippen molar-refractivity contribution >= 4 is 39.7 Å². The fourth-order valence-corrected chi connectivity index (χ4v) is 3.78. The van der Waals surface area contributed by atoms with Crippen LogP contribution in [0.5, 0.6) is 0 Å². The molecule has 3 rings (SSSR count). The molecule has 2 aromatic rings. The van der Waals surface area contributed by atoms with Crippen LogP contribution in [0, 0.1) is 0 Å². The standard InChI is InChI=1S/C15H17ClN4OS/c16-11-8-4-7-10(12(11)17)13(21)18-15-20-19-14(22-15)9-5-2-1-3-6-9/h4,7-9H,1-3,5-6,17H2,(H,18,20,21). The van der Waals surface area contributed by atoms with Crippen LogP contribution in [0.3, 0.4) is 0 Å².